The Bertz CT molecular complexity index is 406. The minimum Gasteiger partial charge on any atom is -0.385 e. The van der Waals surface area contributed by atoms with Crippen molar-refractivity contribution in [2.45, 2.75) is 32.7 Å². The highest BCUT2D eigenvalue weighted by molar-refractivity contribution is 7.18. The third kappa shape index (κ3) is 5.44. The lowest BCUT2D eigenvalue weighted by Gasteiger charge is -2.04. The van der Waals surface area contributed by atoms with E-state index in [0.29, 0.717) is 23.2 Å². The van der Waals surface area contributed by atoms with Crippen LogP contribution >= 0.6 is 11.3 Å². The highest BCUT2D eigenvalue weighted by Crippen LogP contribution is 2.25. The smallest absolute Gasteiger partial charge is 0.265 e. The molecule has 19 heavy (non-hydrogen) atoms. The molecule has 0 radical (unpaired) electrons. The molecule has 6 nitrogen and oxygen atoms in total. The van der Waals surface area contributed by atoms with Gasteiger partial charge in [0.05, 0.1) is 0 Å². The predicted octanol–water partition coefficient (Wildman–Crippen LogP) is 1.70. The van der Waals surface area contributed by atoms with E-state index in [1.54, 1.807) is 7.11 Å². The Morgan fingerprint density at radius 1 is 1.47 bits per heavy atom. The molecule has 1 aromatic heterocycles. The van der Waals surface area contributed by atoms with Crippen LogP contribution in [0.5, 0.6) is 0 Å². The van der Waals surface area contributed by atoms with Gasteiger partial charge in [0.15, 0.2) is 5.13 Å². The monoisotopic (exact) mass is 286 g/mol. The van der Waals surface area contributed by atoms with Crippen LogP contribution in [0, 0.1) is 0 Å². The molecule has 0 atom stereocenters. The molecule has 0 aromatic carbocycles. The highest BCUT2D eigenvalue weighted by atomic mass is 32.1. The van der Waals surface area contributed by atoms with Crippen LogP contribution in [0.15, 0.2) is 0 Å². The minimum absolute atomic E-state index is 0.163. The van der Waals surface area contributed by atoms with E-state index in [9.17, 15) is 4.79 Å². The van der Waals surface area contributed by atoms with E-state index < -0.39 is 0 Å². The van der Waals surface area contributed by atoms with Gasteiger partial charge < -0.3 is 21.1 Å². The van der Waals surface area contributed by atoms with Crippen molar-refractivity contribution in [3.8, 4) is 0 Å². The van der Waals surface area contributed by atoms with Gasteiger partial charge >= 0.3 is 0 Å². The van der Waals surface area contributed by atoms with Crippen molar-refractivity contribution in [3.63, 3.8) is 0 Å². The Balaban J connectivity index is 2.45. The summed E-state index contributed by atoms with van der Waals surface area (Å²) in [5.74, 6) is 0.117. The van der Waals surface area contributed by atoms with Crippen LogP contribution in [-0.2, 0) is 4.74 Å². The fraction of sp³-hybridized carbons (Fsp3) is 0.667. The molecule has 0 saturated carbocycles. The molecular weight excluding hydrogens is 264 g/mol. The maximum Gasteiger partial charge on any atom is 0.265 e. The number of carbonyl (C=O) groups excluding carboxylic acids is 1. The molecule has 0 fully saturated rings. The van der Waals surface area contributed by atoms with Crippen LogP contribution in [0.25, 0.3) is 0 Å². The highest BCUT2D eigenvalue weighted by Gasteiger charge is 2.15. The molecular formula is C12H22N4O2S. The fourth-order valence-electron chi connectivity index (χ4n) is 1.46. The number of nitrogen functional groups attached to an aromatic ring is 1. The van der Waals surface area contributed by atoms with Gasteiger partial charge in [-0.3, -0.25) is 4.79 Å². The van der Waals surface area contributed by atoms with Crippen molar-refractivity contribution in [1.82, 2.24) is 10.3 Å². The first-order valence-corrected chi connectivity index (χ1v) is 7.16. The van der Waals surface area contributed by atoms with Crippen LogP contribution in [0.1, 0.15) is 36.4 Å². The number of ether oxygens (including phenoxy) is 1. The number of nitrogens with zero attached hydrogens (tertiary/aromatic N) is 1. The van der Waals surface area contributed by atoms with Gasteiger partial charge in [-0.05, 0) is 26.7 Å². The quantitative estimate of drug-likeness (QED) is 0.633. The number of rotatable bonds is 8. The van der Waals surface area contributed by atoms with E-state index >= 15 is 0 Å². The summed E-state index contributed by atoms with van der Waals surface area (Å²) in [6.07, 6.45) is 1.81. The molecule has 0 aliphatic carbocycles. The van der Waals surface area contributed by atoms with E-state index in [-0.39, 0.29) is 17.8 Å². The summed E-state index contributed by atoms with van der Waals surface area (Å²) in [6.45, 7) is 5.34. The second kappa shape index (κ2) is 7.96. The van der Waals surface area contributed by atoms with Crippen LogP contribution in [0.4, 0.5) is 10.9 Å². The van der Waals surface area contributed by atoms with E-state index in [0.717, 1.165) is 12.8 Å². The molecule has 0 aliphatic rings. The van der Waals surface area contributed by atoms with Crippen molar-refractivity contribution in [2.75, 3.05) is 31.3 Å². The second-order valence-electron chi connectivity index (χ2n) is 4.49. The number of nitrogens with one attached hydrogen (secondary N) is 2. The zero-order valence-corrected chi connectivity index (χ0v) is 12.5. The van der Waals surface area contributed by atoms with Crippen molar-refractivity contribution in [3.05, 3.63) is 4.88 Å². The molecule has 0 bridgehead atoms. The van der Waals surface area contributed by atoms with Gasteiger partial charge in [0.2, 0.25) is 0 Å². The fourth-order valence-corrected chi connectivity index (χ4v) is 2.40. The molecule has 4 N–H and O–H groups in total. The van der Waals surface area contributed by atoms with Crippen LogP contribution in [0.3, 0.4) is 0 Å². The summed E-state index contributed by atoms with van der Waals surface area (Å²) in [5, 5.41) is 6.65. The predicted molar refractivity (Wildman–Crippen MR) is 78.7 cm³/mol. The summed E-state index contributed by atoms with van der Waals surface area (Å²) < 4.78 is 4.94. The summed E-state index contributed by atoms with van der Waals surface area (Å²) in [4.78, 5) is 16.5. The molecule has 108 valence electrons. The van der Waals surface area contributed by atoms with Gasteiger partial charge in [0, 0.05) is 26.3 Å². The zero-order valence-electron chi connectivity index (χ0n) is 11.7. The molecule has 7 heteroatoms. The number of unbranched alkanes of at least 4 members (excludes halogenated alkanes) is 1. The van der Waals surface area contributed by atoms with Crippen molar-refractivity contribution >= 4 is 28.2 Å². The Morgan fingerprint density at radius 2 is 2.21 bits per heavy atom. The van der Waals surface area contributed by atoms with Crippen LogP contribution in [0.2, 0.25) is 0 Å². The van der Waals surface area contributed by atoms with E-state index in [2.05, 4.69) is 15.6 Å². The van der Waals surface area contributed by atoms with Gasteiger partial charge in [0.1, 0.15) is 10.7 Å². The summed E-state index contributed by atoms with van der Waals surface area (Å²) in [7, 11) is 1.67. The first-order valence-electron chi connectivity index (χ1n) is 6.34. The van der Waals surface area contributed by atoms with E-state index in [1.807, 2.05) is 13.8 Å². The molecule has 0 unspecified atom stereocenters. The maximum absolute atomic E-state index is 11.9. The van der Waals surface area contributed by atoms with Crippen LogP contribution in [-0.4, -0.2) is 37.2 Å². The molecule has 1 amide bonds. The van der Waals surface area contributed by atoms with Crippen molar-refractivity contribution < 1.29 is 9.53 Å². The van der Waals surface area contributed by atoms with E-state index in [4.69, 9.17) is 10.5 Å². The minimum atomic E-state index is -0.163. The van der Waals surface area contributed by atoms with Gasteiger partial charge in [-0.15, -0.1) is 0 Å². The van der Waals surface area contributed by atoms with Gasteiger partial charge in [-0.2, -0.15) is 0 Å². The normalized spacial score (nSPS) is 10.7. The SMILES string of the molecule is COCCCCNC(=O)c1sc(NC(C)C)nc1N. The Kier molecular flexibility index (Phi) is 6.58. The third-order valence-electron chi connectivity index (χ3n) is 2.33. The van der Waals surface area contributed by atoms with Crippen molar-refractivity contribution in [1.29, 1.82) is 0 Å². The standard InChI is InChI=1S/C12H22N4O2S/c1-8(2)15-12-16-10(13)9(19-12)11(17)14-6-4-5-7-18-3/h8H,4-7,13H2,1-3H3,(H,14,17)(H,15,16). The second-order valence-corrected chi connectivity index (χ2v) is 5.49. The van der Waals surface area contributed by atoms with Gasteiger partial charge in [-0.1, -0.05) is 11.3 Å². The lowest BCUT2D eigenvalue weighted by Crippen LogP contribution is -2.24. The summed E-state index contributed by atoms with van der Waals surface area (Å²) in [6, 6.07) is 0.260. The number of methoxy groups -OCH3 is 1. The topological polar surface area (TPSA) is 89.3 Å². The average molecular weight is 286 g/mol. The number of anilines is 2. The first-order chi connectivity index (χ1) is 9.04. The average Bonchev–Trinajstić information content (AvgIpc) is 2.68. The van der Waals surface area contributed by atoms with Crippen molar-refractivity contribution in [2.24, 2.45) is 0 Å². The van der Waals surface area contributed by atoms with E-state index in [1.165, 1.54) is 11.3 Å². The number of aromatic nitrogens is 1. The van der Waals surface area contributed by atoms with Gasteiger partial charge in [0.25, 0.3) is 5.91 Å². The number of carbonyl (C=O) groups is 1. The molecule has 0 saturated heterocycles. The summed E-state index contributed by atoms with van der Waals surface area (Å²) in [5.41, 5.74) is 5.75. The molecule has 1 aromatic rings. The first kappa shape index (κ1) is 15.7. The molecule has 0 spiro atoms. The molecule has 1 rings (SSSR count). The maximum atomic E-state index is 11.9. The Labute approximate surface area is 117 Å². The number of thiazole rings is 1. The number of hydrogen-bond acceptors (Lipinski definition) is 6. The Hall–Kier alpha value is -1.34. The third-order valence-corrected chi connectivity index (χ3v) is 3.33. The lowest BCUT2D eigenvalue weighted by molar-refractivity contribution is 0.0956. The largest absolute Gasteiger partial charge is 0.385 e. The zero-order chi connectivity index (χ0) is 14.3. The Morgan fingerprint density at radius 3 is 2.84 bits per heavy atom. The number of amides is 1. The lowest BCUT2D eigenvalue weighted by atomic mass is 10.3. The number of hydrogen-bond donors (Lipinski definition) is 3. The summed E-state index contributed by atoms with van der Waals surface area (Å²) >= 11 is 1.28. The number of nitrogens with two attached hydrogens (primary N) is 1. The molecule has 1 heterocycles. The molecule has 0 aliphatic heterocycles. The van der Waals surface area contributed by atoms with Gasteiger partial charge in [-0.25, -0.2) is 4.98 Å². The van der Waals surface area contributed by atoms with Crippen LogP contribution < -0.4 is 16.4 Å².